The van der Waals surface area contributed by atoms with E-state index in [9.17, 15) is 13.2 Å². The Hall–Kier alpha value is -0.620. The Morgan fingerprint density at radius 3 is 2.21 bits per heavy atom. The first kappa shape index (κ1) is 11.5. The van der Waals surface area contributed by atoms with Gasteiger partial charge in [-0.1, -0.05) is 0 Å². The molecule has 0 aromatic carbocycles. The highest BCUT2D eigenvalue weighted by atomic mass is 32.2. The van der Waals surface area contributed by atoms with Crippen LogP contribution in [-0.4, -0.2) is 43.1 Å². The summed E-state index contributed by atoms with van der Waals surface area (Å²) >= 11 is 0. The summed E-state index contributed by atoms with van der Waals surface area (Å²) in [5.74, 6) is -0.470. The van der Waals surface area contributed by atoms with Crippen LogP contribution in [0.3, 0.4) is 0 Å². The van der Waals surface area contributed by atoms with E-state index in [1.807, 2.05) is 0 Å². The van der Waals surface area contributed by atoms with E-state index in [1.54, 1.807) is 20.8 Å². The molecule has 0 saturated carbocycles. The van der Waals surface area contributed by atoms with E-state index in [0.717, 1.165) is 10.6 Å². The van der Waals surface area contributed by atoms with E-state index in [-0.39, 0.29) is 6.54 Å². The second-order valence-electron chi connectivity index (χ2n) is 4.38. The summed E-state index contributed by atoms with van der Waals surface area (Å²) in [5, 5.41) is 0. The van der Waals surface area contributed by atoms with E-state index in [0.29, 0.717) is 0 Å². The zero-order valence-corrected chi connectivity index (χ0v) is 9.59. The highest BCUT2D eigenvalue weighted by Gasteiger charge is 2.48. The Balaban J connectivity index is 2.53. The van der Waals surface area contributed by atoms with Crippen molar-refractivity contribution in [2.75, 3.05) is 12.8 Å². The van der Waals surface area contributed by atoms with Crippen molar-refractivity contribution < 1.29 is 17.9 Å². The van der Waals surface area contributed by atoms with Crippen molar-refractivity contribution >= 4 is 16.0 Å². The van der Waals surface area contributed by atoms with Gasteiger partial charge in [0.2, 0.25) is 10.0 Å². The van der Waals surface area contributed by atoms with Crippen LogP contribution in [0.2, 0.25) is 0 Å². The second kappa shape index (κ2) is 3.20. The number of esters is 1. The van der Waals surface area contributed by atoms with Crippen molar-refractivity contribution in [1.29, 1.82) is 0 Å². The maximum Gasteiger partial charge on any atom is 0.326 e. The Morgan fingerprint density at radius 1 is 1.43 bits per heavy atom. The molecule has 0 bridgehead atoms. The Morgan fingerprint density at radius 2 is 1.93 bits per heavy atom. The predicted molar refractivity (Wildman–Crippen MR) is 51.2 cm³/mol. The Labute approximate surface area is 84.1 Å². The third-order valence-corrected chi connectivity index (χ3v) is 2.93. The first-order valence-corrected chi connectivity index (χ1v) is 6.16. The van der Waals surface area contributed by atoms with Gasteiger partial charge in [0.25, 0.3) is 0 Å². The fourth-order valence-electron chi connectivity index (χ4n) is 1.05. The molecule has 6 heteroatoms. The number of sulfonamides is 1. The van der Waals surface area contributed by atoms with Gasteiger partial charge < -0.3 is 4.74 Å². The molecule has 1 rings (SSSR count). The molecule has 0 radical (unpaired) electrons. The number of nitrogens with zero attached hydrogens (tertiary/aromatic N) is 1. The topological polar surface area (TPSA) is 63.5 Å². The number of carbonyl (C=O) groups excluding carboxylic acids is 1. The lowest BCUT2D eigenvalue weighted by atomic mass is 10.2. The lowest BCUT2D eigenvalue weighted by Crippen LogP contribution is -2.29. The van der Waals surface area contributed by atoms with Crippen LogP contribution >= 0.6 is 0 Å². The molecule has 0 N–H and O–H groups in total. The summed E-state index contributed by atoms with van der Waals surface area (Å²) in [5.41, 5.74) is -0.567. The van der Waals surface area contributed by atoms with Gasteiger partial charge in [0, 0.05) is 6.54 Å². The van der Waals surface area contributed by atoms with Crippen molar-refractivity contribution in [1.82, 2.24) is 4.31 Å². The van der Waals surface area contributed by atoms with Gasteiger partial charge >= 0.3 is 5.97 Å². The molecule has 0 aromatic heterocycles. The van der Waals surface area contributed by atoms with Crippen LogP contribution in [-0.2, 0) is 19.6 Å². The minimum atomic E-state index is -3.25. The van der Waals surface area contributed by atoms with Crippen molar-refractivity contribution in [3.05, 3.63) is 0 Å². The van der Waals surface area contributed by atoms with Crippen molar-refractivity contribution in [2.24, 2.45) is 0 Å². The molecule has 14 heavy (non-hydrogen) atoms. The third-order valence-electron chi connectivity index (χ3n) is 1.67. The van der Waals surface area contributed by atoms with Crippen LogP contribution in [0.4, 0.5) is 0 Å². The normalized spacial score (nSPS) is 27.1. The second-order valence-corrected chi connectivity index (χ2v) is 6.32. The highest BCUT2D eigenvalue weighted by molar-refractivity contribution is 7.88. The fraction of sp³-hybridized carbons (Fsp3) is 0.875. The molecule has 0 amide bonds. The minimum Gasteiger partial charge on any atom is -0.459 e. The first-order chi connectivity index (χ1) is 6.11. The molecule has 1 aliphatic heterocycles. The molecule has 1 heterocycles. The van der Waals surface area contributed by atoms with Crippen LogP contribution in [0.25, 0.3) is 0 Å². The molecule has 5 nitrogen and oxygen atoms in total. The van der Waals surface area contributed by atoms with Crippen LogP contribution < -0.4 is 0 Å². The van der Waals surface area contributed by atoms with Gasteiger partial charge in [0.1, 0.15) is 11.6 Å². The molecule has 1 saturated heterocycles. The highest BCUT2D eigenvalue weighted by Crippen LogP contribution is 2.24. The molecular formula is C8H15NO4S. The largest absolute Gasteiger partial charge is 0.459 e. The maximum absolute atomic E-state index is 11.3. The monoisotopic (exact) mass is 221 g/mol. The summed E-state index contributed by atoms with van der Waals surface area (Å²) in [6, 6.07) is -0.607. The summed E-state index contributed by atoms with van der Waals surface area (Å²) in [7, 11) is -3.25. The van der Waals surface area contributed by atoms with Gasteiger partial charge in [0.15, 0.2) is 0 Å². The summed E-state index contributed by atoms with van der Waals surface area (Å²) in [4.78, 5) is 11.3. The van der Waals surface area contributed by atoms with Crippen molar-refractivity contribution in [3.8, 4) is 0 Å². The molecule has 2 atom stereocenters. The zero-order valence-electron chi connectivity index (χ0n) is 8.77. The molecule has 1 aliphatic rings. The average molecular weight is 221 g/mol. The molecule has 0 spiro atoms. The van der Waals surface area contributed by atoms with E-state index < -0.39 is 27.6 Å². The van der Waals surface area contributed by atoms with Crippen LogP contribution in [0, 0.1) is 0 Å². The summed E-state index contributed by atoms with van der Waals surface area (Å²) in [6.07, 6.45) is 1.08. The predicted octanol–water partition coefficient (Wildman–Crippen LogP) is -0.0281. The van der Waals surface area contributed by atoms with Crippen molar-refractivity contribution in [2.45, 2.75) is 32.4 Å². The first-order valence-electron chi connectivity index (χ1n) is 4.31. The Kier molecular flexibility index (Phi) is 2.62. The van der Waals surface area contributed by atoms with Crippen molar-refractivity contribution in [3.63, 3.8) is 0 Å². The number of carbonyl (C=O) groups is 1. The van der Waals surface area contributed by atoms with Gasteiger partial charge in [0.05, 0.1) is 6.26 Å². The fourth-order valence-corrected chi connectivity index (χ4v) is 2.01. The quantitative estimate of drug-likeness (QED) is 0.485. The standard InChI is InChI=1S/C8H15NO4S/c1-8(2,3)13-7(10)6-5-9(6)14(4,11)12/h6H,5H2,1-4H3. The maximum atomic E-state index is 11.3. The van der Waals surface area contributed by atoms with Gasteiger partial charge in [-0.2, -0.15) is 4.31 Å². The number of hydrogen-bond donors (Lipinski definition) is 0. The lowest BCUT2D eigenvalue weighted by Gasteiger charge is -2.19. The summed E-state index contributed by atoms with van der Waals surface area (Å²) in [6.45, 7) is 5.49. The van der Waals surface area contributed by atoms with Gasteiger partial charge in [-0.25, -0.2) is 8.42 Å². The minimum absolute atomic E-state index is 0.244. The molecule has 0 aliphatic carbocycles. The van der Waals surface area contributed by atoms with E-state index in [1.165, 1.54) is 0 Å². The lowest BCUT2D eigenvalue weighted by molar-refractivity contribution is -0.154. The average Bonchev–Trinajstić information content (AvgIpc) is 2.55. The van der Waals surface area contributed by atoms with Gasteiger partial charge in [-0.05, 0) is 20.8 Å². The number of ether oxygens (including phenoxy) is 1. The molecule has 1 fully saturated rings. The van der Waals surface area contributed by atoms with Gasteiger partial charge in [-0.3, -0.25) is 4.79 Å². The Bertz CT molecular complexity index is 341. The molecule has 2 unspecified atom stereocenters. The number of hydrogen-bond acceptors (Lipinski definition) is 4. The SMILES string of the molecule is CC(C)(C)OC(=O)C1CN1S(C)(=O)=O. The summed E-state index contributed by atoms with van der Waals surface area (Å²) < 4.78 is 28.1. The van der Waals surface area contributed by atoms with E-state index in [4.69, 9.17) is 4.74 Å². The zero-order chi connectivity index (χ0) is 11.1. The smallest absolute Gasteiger partial charge is 0.326 e. The van der Waals surface area contributed by atoms with Gasteiger partial charge in [-0.15, -0.1) is 0 Å². The van der Waals surface area contributed by atoms with E-state index in [2.05, 4.69) is 0 Å². The van der Waals surface area contributed by atoms with Crippen LogP contribution in [0.15, 0.2) is 0 Å². The molecule has 0 aromatic rings. The van der Waals surface area contributed by atoms with E-state index >= 15 is 0 Å². The third kappa shape index (κ3) is 2.95. The number of rotatable bonds is 2. The molecular weight excluding hydrogens is 206 g/mol. The van der Waals surface area contributed by atoms with Crippen LogP contribution in [0.5, 0.6) is 0 Å². The van der Waals surface area contributed by atoms with Crippen LogP contribution in [0.1, 0.15) is 20.8 Å². The molecule has 82 valence electrons.